The van der Waals surface area contributed by atoms with Crippen molar-refractivity contribution in [2.24, 2.45) is 0 Å². The molecule has 30 heavy (non-hydrogen) atoms. The summed E-state index contributed by atoms with van der Waals surface area (Å²) in [4.78, 5) is 0. The fraction of sp³-hybridized carbons (Fsp3) is 0.400. The highest BCUT2D eigenvalue weighted by molar-refractivity contribution is 5.27. The lowest BCUT2D eigenvalue weighted by atomic mass is 9.87. The van der Waals surface area contributed by atoms with Gasteiger partial charge in [-0.05, 0) is 49.7 Å². The Hall–Kier alpha value is -2.34. The Kier molecular flexibility index (Phi) is 9.56. The summed E-state index contributed by atoms with van der Waals surface area (Å²) in [5.74, 6) is 0. The minimum absolute atomic E-state index is 0.285. The van der Waals surface area contributed by atoms with Crippen molar-refractivity contribution in [2.75, 3.05) is 0 Å². The van der Waals surface area contributed by atoms with Gasteiger partial charge in [0, 0.05) is 0 Å². The molecule has 0 heteroatoms. The van der Waals surface area contributed by atoms with E-state index in [1.807, 2.05) is 0 Å². The van der Waals surface area contributed by atoms with Crippen molar-refractivity contribution < 1.29 is 0 Å². The van der Waals surface area contributed by atoms with E-state index < -0.39 is 0 Å². The predicted octanol–water partition coefficient (Wildman–Crippen LogP) is 8.89. The fourth-order valence-corrected chi connectivity index (χ4v) is 2.74. The van der Waals surface area contributed by atoms with Crippen LogP contribution in [0.1, 0.15) is 74.9 Å². The van der Waals surface area contributed by atoms with Gasteiger partial charge in [-0.15, -0.1) is 0 Å². The van der Waals surface area contributed by atoms with Crippen molar-refractivity contribution in [3.63, 3.8) is 0 Å². The van der Waals surface area contributed by atoms with Crippen LogP contribution in [0.2, 0.25) is 0 Å². The van der Waals surface area contributed by atoms with E-state index in [9.17, 15) is 0 Å². The molecule has 0 amide bonds. The lowest BCUT2D eigenvalue weighted by molar-refractivity contribution is 0.590. The summed E-state index contributed by atoms with van der Waals surface area (Å²) in [6, 6.07) is 26.0. The summed E-state index contributed by atoms with van der Waals surface area (Å²) in [6.45, 7) is 21.8. The van der Waals surface area contributed by atoms with Crippen LogP contribution in [0, 0.1) is 27.7 Å². The van der Waals surface area contributed by atoms with Gasteiger partial charge >= 0.3 is 0 Å². The molecule has 162 valence electrons. The number of hydrogen-bond acceptors (Lipinski definition) is 0. The van der Waals surface area contributed by atoms with Crippen LogP contribution in [-0.4, -0.2) is 0 Å². The second-order valence-electron chi connectivity index (χ2n) is 10.4. The highest BCUT2D eigenvalue weighted by atomic mass is 14.2. The molecule has 0 fully saturated rings. The Balaban J connectivity index is 0.000000228. The zero-order valence-electron chi connectivity index (χ0n) is 20.9. The lowest BCUT2D eigenvalue weighted by Gasteiger charge is -2.18. The quantitative estimate of drug-likeness (QED) is 0.352. The average Bonchev–Trinajstić information content (AvgIpc) is 2.64. The molecule has 3 aromatic carbocycles. The van der Waals surface area contributed by atoms with Gasteiger partial charge in [0.2, 0.25) is 0 Å². The molecule has 3 aromatic rings. The summed E-state index contributed by atoms with van der Waals surface area (Å²) in [6.07, 6.45) is 0. The molecule has 0 aliphatic rings. The van der Waals surface area contributed by atoms with Gasteiger partial charge in [0.15, 0.2) is 0 Å². The zero-order valence-corrected chi connectivity index (χ0v) is 20.9. The van der Waals surface area contributed by atoms with Gasteiger partial charge in [0.05, 0.1) is 0 Å². The van der Waals surface area contributed by atoms with Crippen LogP contribution in [0.15, 0.2) is 72.8 Å². The molecule has 0 aliphatic carbocycles. The maximum atomic E-state index is 2.23. The molecule has 0 N–H and O–H groups in total. The van der Waals surface area contributed by atoms with Crippen LogP contribution >= 0.6 is 0 Å². The van der Waals surface area contributed by atoms with Crippen LogP contribution in [0.3, 0.4) is 0 Å². The number of rotatable bonds is 0. The Morgan fingerprint density at radius 3 is 0.667 bits per heavy atom. The monoisotopic (exact) mass is 402 g/mol. The molecule has 0 unspecified atom stereocenters. The summed E-state index contributed by atoms with van der Waals surface area (Å²) >= 11 is 0. The van der Waals surface area contributed by atoms with Crippen LogP contribution in [0.5, 0.6) is 0 Å². The van der Waals surface area contributed by atoms with Crippen molar-refractivity contribution in [3.05, 3.63) is 106 Å². The smallest absolute Gasteiger partial charge is 0.0132 e. The first-order chi connectivity index (χ1) is 13.8. The lowest BCUT2D eigenvalue weighted by Crippen LogP contribution is -2.10. The van der Waals surface area contributed by atoms with Crippen LogP contribution in [0.4, 0.5) is 0 Å². The normalized spacial score (nSPS) is 11.0. The van der Waals surface area contributed by atoms with Crippen molar-refractivity contribution in [3.8, 4) is 0 Å². The first-order valence-corrected chi connectivity index (χ1v) is 11.0. The highest BCUT2D eigenvalue weighted by Gasteiger charge is 2.12. The Morgan fingerprint density at radius 2 is 0.500 bits per heavy atom. The Labute approximate surface area is 186 Å². The van der Waals surface area contributed by atoms with E-state index >= 15 is 0 Å². The standard InChI is InChI=1S/2C11H16.C8H10/c2*1-9-5-7-10(8-6-9)11(2,3)4;1-7-3-5-8(2)6-4-7/h2*5-8H,1-4H3;3-6H,1-2H3. The topological polar surface area (TPSA) is 0 Å². The maximum absolute atomic E-state index is 2.23. The highest BCUT2D eigenvalue weighted by Crippen LogP contribution is 2.22. The van der Waals surface area contributed by atoms with Gasteiger partial charge < -0.3 is 0 Å². The molecule has 0 saturated heterocycles. The third-order valence-electron chi connectivity index (χ3n) is 5.05. The molecule has 0 heterocycles. The molecule has 0 aromatic heterocycles. The van der Waals surface area contributed by atoms with E-state index in [-0.39, 0.29) is 10.8 Å². The first-order valence-electron chi connectivity index (χ1n) is 11.0. The Bertz CT molecular complexity index is 773. The first kappa shape index (κ1) is 25.7. The fourth-order valence-electron chi connectivity index (χ4n) is 2.74. The zero-order chi connectivity index (χ0) is 22.9. The molecule has 0 bridgehead atoms. The second-order valence-corrected chi connectivity index (χ2v) is 10.4. The van der Waals surface area contributed by atoms with E-state index in [1.54, 1.807) is 0 Å². The third-order valence-corrected chi connectivity index (χ3v) is 5.05. The van der Waals surface area contributed by atoms with Gasteiger partial charge in [0.1, 0.15) is 0 Å². The third kappa shape index (κ3) is 9.92. The van der Waals surface area contributed by atoms with Gasteiger partial charge in [-0.3, -0.25) is 0 Å². The van der Waals surface area contributed by atoms with Gasteiger partial charge in [-0.1, -0.05) is 137 Å². The average molecular weight is 403 g/mol. The SMILES string of the molecule is Cc1ccc(C(C)(C)C)cc1.Cc1ccc(C(C)(C)C)cc1.Cc1ccc(C)cc1. The number of aryl methyl sites for hydroxylation is 4. The maximum Gasteiger partial charge on any atom is -0.0132 e. The van der Waals surface area contributed by atoms with Crippen molar-refractivity contribution in [1.29, 1.82) is 0 Å². The minimum atomic E-state index is 0.285. The van der Waals surface area contributed by atoms with Crippen LogP contribution in [-0.2, 0) is 10.8 Å². The molecule has 0 saturated carbocycles. The molecule has 3 rings (SSSR count). The van der Waals surface area contributed by atoms with E-state index in [4.69, 9.17) is 0 Å². The van der Waals surface area contributed by atoms with Crippen molar-refractivity contribution >= 4 is 0 Å². The van der Waals surface area contributed by atoms with E-state index in [1.165, 1.54) is 33.4 Å². The summed E-state index contributed by atoms with van der Waals surface area (Å²) in [7, 11) is 0. The molecule has 0 aliphatic heterocycles. The van der Waals surface area contributed by atoms with Crippen molar-refractivity contribution in [1.82, 2.24) is 0 Å². The van der Waals surface area contributed by atoms with Crippen LogP contribution in [0.25, 0.3) is 0 Å². The predicted molar refractivity (Wildman–Crippen MR) is 136 cm³/mol. The summed E-state index contributed by atoms with van der Waals surface area (Å²) in [5.41, 5.74) is 8.70. The molecule has 0 atom stereocenters. The number of benzene rings is 3. The van der Waals surface area contributed by atoms with Gasteiger partial charge in [0.25, 0.3) is 0 Å². The summed E-state index contributed by atoms with van der Waals surface area (Å²) in [5, 5.41) is 0. The minimum Gasteiger partial charge on any atom is -0.0591 e. The molecular formula is C30H42. The second kappa shape index (κ2) is 11.2. The molecule has 0 spiro atoms. The van der Waals surface area contributed by atoms with E-state index in [0.29, 0.717) is 0 Å². The summed E-state index contributed by atoms with van der Waals surface area (Å²) < 4.78 is 0. The molecular weight excluding hydrogens is 360 g/mol. The van der Waals surface area contributed by atoms with Crippen molar-refractivity contribution in [2.45, 2.75) is 80.1 Å². The van der Waals surface area contributed by atoms with E-state index in [2.05, 4.69) is 142 Å². The molecule has 0 radical (unpaired) electrons. The van der Waals surface area contributed by atoms with Gasteiger partial charge in [-0.2, -0.15) is 0 Å². The molecule has 0 nitrogen and oxygen atoms in total. The van der Waals surface area contributed by atoms with Crippen LogP contribution < -0.4 is 0 Å². The Morgan fingerprint density at radius 1 is 0.333 bits per heavy atom. The van der Waals surface area contributed by atoms with E-state index in [0.717, 1.165) is 0 Å². The largest absolute Gasteiger partial charge is 0.0591 e. The number of hydrogen-bond donors (Lipinski definition) is 0. The van der Waals surface area contributed by atoms with Gasteiger partial charge in [-0.25, -0.2) is 0 Å².